The van der Waals surface area contributed by atoms with E-state index in [1.807, 2.05) is 6.92 Å². The van der Waals surface area contributed by atoms with Crippen LogP contribution in [0.2, 0.25) is 0 Å². The molecule has 154 valence electrons. The first-order valence-corrected chi connectivity index (χ1v) is 10.8. The molecule has 2 aromatic carbocycles. The molecule has 0 spiro atoms. The maximum atomic E-state index is 12.3. The van der Waals surface area contributed by atoms with Gasteiger partial charge in [0, 0.05) is 11.7 Å². The molecule has 1 N–H and O–H groups in total. The molecule has 1 heterocycles. The Kier molecular flexibility index (Phi) is 5.78. The van der Waals surface area contributed by atoms with Gasteiger partial charge in [0.25, 0.3) is 5.91 Å². The summed E-state index contributed by atoms with van der Waals surface area (Å²) in [6, 6.07) is 11.2. The second-order valence-corrected chi connectivity index (χ2v) is 8.67. The lowest BCUT2D eigenvalue weighted by Crippen LogP contribution is -2.34. The molecule has 9 heteroatoms. The molecule has 29 heavy (non-hydrogen) atoms. The Morgan fingerprint density at radius 3 is 2.48 bits per heavy atom. The van der Waals surface area contributed by atoms with Gasteiger partial charge in [0.1, 0.15) is 5.75 Å². The molecule has 1 atom stereocenters. The van der Waals surface area contributed by atoms with E-state index in [4.69, 9.17) is 9.47 Å². The van der Waals surface area contributed by atoms with Gasteiger partial charge in [-0.05, 0) is 61.4 Å². The third-order valence-corrected chi connectivity index (χ3v) is 5.80. The number of carbonyl (C=O) groups excluding carboxylic acids is 2. The van der Waals surface area contributed by atoms with Crippen molar-refractivity contribution < 1.29 is 27.5 Å². The smallest absolute Gasteiger partial charge is 0.338 e. The largest absolute Gasteiger partial charge is 0.497 e. The minimum Gasteiger partial charge on any atom is -0.497 e. The van der Waals surface area contributed by atoms with Crippen molar-refractivity contribution in [1.29, 1.82) is 0 Å². The van der Waals surface area contributed by atoms with E-state index in [1.54, 1.807) is 43.5 Å². The second kappa shape index (κ2) is 8.12. The third kappa shape index (κ3) is 4.68. The standard InChI is InChI=1S/C20H22N2O6S/c1-13-10-15-11-14(4-9-18(15)22(13)29(3,25)26)20(24)28-12-19(23)21-16-5-7-17(27-2)8-6-16/h4-9,11,13H,10,12H2,1-3H3,(H,21,23)/t13-/m1/s1. The number of anilines is 2. The van der Waals surface area contributed by atoms with Gasteiger partial charge in [-0.3, -0.25) is 9.10 Å². The van der Waals surface area contributed by atoms with Crippen LogP contribution in [0.5, 0.6) is 5.75 Å². The van der Waals surface area contributed by atoms with Crippen LogP contribution in [0, 0.1) is 0 Å². The van der Waals surface area contributed by atoms with E-state index in [0.29, 0.717) is 23.5 Å². The topological polar surface area (TPSA) is 102 Å². The summed E-state index contributed by atoms with van der Waals surface area (Å²) in [6.45, 7) is 1.37. The van der Waals surface area contributed by atoms with Gasteiger partial charge < -0.3 is 14.8 Å². The lowest BCUT2D eigenvalue weighted by molar-refractivity contribution is -0.119. The second-order valence-electron chi connectivity index (χ2n) is 6.81. The Labute approximate surface area is 169 Å². The van der Waals surface area contributed by atoms with Gasteiger partial charge in [-0.2, -0.15) is 0 Å². The Balaban J connectivity index is 1.61. The molecule has 0 aromatic heterocycles. The van der Waals surface area contributed by atoms with Crippen molar-refractivity contribution in [3.05, 3.63) is 53.6 Å². The zero-order valence-corrected chi connectivity index (χ0v) is 17.2. The van der Waals surface area contributed by atoms with E-state index in [0.717, 1.165) is 11.8 Å². The van der Waals surface area contributed by atoms with Crippen molar-refractivity contribution >= 4 is 33.3 Å². The number of ether oxygens (including phenoxy) is 2. The van der Waals surface area contributed by atoms with Crippen LogP contribution in [-0.4, -0.2) is 46.3 Å². The summed E-state index contributed by atoms with van der Waals surface area (Å²) >= 11 is 0. The summed E-state index contributed by atoms with van der Waals surface area (Å²) in [5.74, 6) is -0.459. The number of sulfonamides is 1. The number of hydrogen-bond acceptors (Lipinski definition) is 6. The lowest BCUT2D eigenvalue weighted by atomic mass is 10.1. The molecule has 1 aliphatic heterocycles. The van der Waals surface area contributed by atoms with Crippen molar-refractivity contribution in [3.8, 4) is 5.75 Å². The summed E-state index contributed by atoms with van der Waals surface area (Å²) in [5.41, 5.74) is 2.14. The normalized spacial score (nSPS) is 15.6. The summed E-state index contributed by atoms with van der Waals surface area (Å²) in [5, 5.41) is 2.62. The van der Waals surface area contributed by atoms with Crippen LogP contribution in [0.3, 0.4) is 0 Å². The molecule has 0 fully saturated rings. The Morgan fingerprint density at radius 1 is 1.17 bits per heavy atom. The first-order chi connectivity index (χ1) is 13.7. The summed E-state index contributed by atoms with van der Waals surface area (Å²) in [4.78, 5) is 24.3. The predicted octanol–water partition coefficient (Wildman–Crippen LogP) is 2.20. The van der Waals surface area contributed by atoms with Crippen molar-refractivity contribution in [2.45, 2.75) is 19.4 Å². The highest BCUT2D eigenvalue weighted by molar-refractivity contribution is 7.92. The molecule has 1 aliphatic rings. The van der Waals surface area contributed by atoms with Gasteiger partial charge >= 0.3 is 5.97 Å². The number of nitrogens with one attached hydrogen (secondary N) is 1. The van der Waals surface area contributed by atoms with E-state index >= 15 is 0 Å². The maximum absolute atomic E-state index is 12.3. The highest BCUT2D eigenvalue weighted by Crippen LogP contribution is 2.34. The highest BCUT2D eigenvalue weighted by Gasteiger charge is 2.32. The number of hydrogen-bond donors (Lipinski definition) is 1. The molecule has 0 saturated carbocycles. The van der Waals surface area contributed by atoms with Crippen molar-refractivity contribution in [2.24, 2.45) is 0 Å². The summed E-state index contributed by atoms with van der Waals surface area (Å²) in [7, 11) is -1.85. The number of esters is 1. The molecule has 1 amide bonds. The number of carbonyl (C=O) groups is 2. The zero-order chi connectivity index (χ0) is 21.2. The molecule has 0 aliphatic carbocycles. The molecule has 0 unspecified atom stereocenters. The predicted molar refractivity (Wildman–Crippen MR) is 109 cm³/mol. The number of methoxy groups -OCH3 is 1. The number of rotatable bonds is 6. The highest BCUT2D eigenvalue weighted by atomic mass is 32.2. The zero-order valence-electron chi connectivity index (χ0n) is 16.3. The molecular formula is C20H22N2O6S. The first-order valence-electron chi connectivity index (χ1n) is 8.92. The Morgan fingerprint density at radius 2 is 1.86 bits per heavy atom. The van der Waals surface area contributed by atoms with E-state index in [1.165, 1.54) is 10.4 Å². The fourth-order valence-electron chi connectivity index (χ4n) is 3.32. The quantitative estimate of drug-likeness (QED) is 0.722. The molecule has 2 aromatic rings. The van der Waals surface area contributed by atoms with Crippen molar-refractivity contribution in [3.63, 3.8) is 0 Å². The molecule has 0 bridgehead atoms. The molecule has 0 radical (unpaired) electrons. The van der Waals surface area contributed by atoms with E-state index in [-0.39, 0.29) is 11.6 Å². The monoisotopic (exact) mass is 418 g/mol. The maximum Gasteiger partial charge on any atom is 0.338 e. The number of benzene rings is 2. The van der Waals surface area contributed by atoms with E-state index in [2.05, 4.69) is 5.32 Å². The number of nitrogens with zero attached hydrogens (tertiary/aromatic N) is 1. The third-order valence-electron chi connectivity index (χ3n) is 4.53. The minimum absolute atomic E-state index is 0.221. The van der Waals surface area contributed by atoms with Gasteiger partial charge in [0.15, 0.2) is 6.61 Å². The van der Waals surface area contributed by atoms with Gasteiger partial charge in [0.05, 0.1) is 24.6 Å². The number of fused-ring (bicyclic) bond motifs is 1. The van der Waals surface area contributed by atoms with Crippen LogP contribution in [0.25, 0.3) is 0 Å². The molecule has 8 nitrogen and oxygen atoms in total. The Hall–Kier alpha value is -3.07. The van der Waals surface area contributed by atoms with Crippen LogP contribution >= 0.6 is 0 Å². The molecule has 3 rings (SSSR count). The van der Waals surface area contributed by atoms with Crippen molar-refractivity contribution in [2.75, 3.05) is 29.6 Å². The molecule has 0 saturated heterocycles. The van der Waals surface area contributed by atoms with Gasteiger partial charge in [-0.1, -0.05) is 0 Å². The van der Waals surface area contributed by atoms with Gasteiger partial charge in [-0.15, -0.1) is 0 Å². The molecular weight excluding hydrogens is 396 g/mol. The first kappa shape index (κ1) is 20.7. The number of amides is 1. The minimum atomic E-state index is -3.40. The van der Waals surface area contributed by atoms with Gasteiger partial charge in [-0.25, -0.2) is 13.2 Å². The van der Waals surface area contributed by atoms with E-state index in [9.17, 15) is 18.0 Å². The van der Waals surface area contributed by atoms with Crippen molar-refractivity contribution in [1.82, 2.24) is 0 Å². The average molecular weight is 418 g/mol. The fourth-order valence-corrected chi connectivity index (χ4v) is 4.58. The van der Waals surface area contributed by atoms with Crippen LogP contribution < -0.4 is 14.4 Å². The summed E-state index contributed by atoms with van der Waals surface area (Å²) in [6.07, 6.45) is 1.66. The fraction of sp³-hybridized carbons (Fsp3) is 0.300. The van der Waals surface area contributed by atoms with Crippen LogP contribution in [0.1, 0.15) is 22.8 Å². The summed E-state index contributed by atoms with van der Waals surface area (Å²) < 4.78 is 35.4. The Bertz CT molecular complexity index is 1030. The lowest BCUT2D eigenvalue weighted by Gasteiger charge is -2.21. The van der Waals surface area contributed by atoms with Crippen LogP contribution in [0.15, 0.2) is 42.5 Å². The SMILES string of the molecule is COc1ccc(NC(=O)COC(=O)c2ccc3c(c2)C[C@@H](C)N3S(C)(=O)=O)cc1. The van der Waals surface area contributed by atoms with Gasteiger partial charge in [0.2, 0.25) is 10.0 Å². The van der Waals surface area contributed by atoms with E-state index < -0.39 is 28.5 Å². The van der Waals surface area contributed by atoms with Crippen LogP contribution in [0.4, 0.5) is 11.4 Å². The van der Waals surface area contributed by atoms with Crippen LogP contribution in [-0.2, 0) is 26.0 Å². The average Bonchev–Trinajstić information content (AvgIpc) is 3.01.